The molecule has 160 valence electrons. The number of benzene rings is 3. The SMILES string of the molecule is COc1ccc(CNC(=O)[C@@H](C)N(Cc2ccccc2)C(=O)Cc2ccccc2)cc1. The Bertz CT molecular complexity index is 973. The van der Waals surface area contributed by atoms with Gasteiger partial charge in [0.25, 0.3) is 0 Å². The molecule has 3 aromatic rings. The van der Waals surface area contributed by atoms with Crippen molar-refractivity contribution in [2.75, 3.05) is 7.11 Å². The first kappa shape index (κ1) is 22.1. The fourth-order valence-corrected chi connectivity index (χ4v) is 3.32. The predicted molar refractivity (Wildman–Crippen MR) is 121 cm³/mol. The fraction of sp³-hybridized carbons (Fsp3) is 0.231. The van der Waals surface area contributed by atoms with Crippen molar-refractivity contribution in [1.29, 1.82) is 0 Å². The second-order valence-electron chi connectivity index (χ2n) is 7.41. The molecule has 0 bridgehead atoms. The van der Waals surface area contributed by atoms with E-state index in [0.29, 0.717) is 13.1 Å². The number of methoxy groups -OCH3 is 1. The standard InChI is InChI=1S/C26H28N2O3/c1-20(26(30)27-18-22-13-15-24(31-2)16-14-22)28(19-23-11-7-4-8-12-23)25(29)17-21-9-5-3-6-10-21/h3-16,20H,17-19H2,1-2H3,(H,27,30)/t20-/m1/s1. The molecule has 0 unspecified atom stereocenters. The van der Waals surface area contributed by atoms with E-state index in [0.717, 1.165) is 22.4 Å². The van der Waals surface area contributed by atoms with E-state index in [4.69, 9.17) is 4.74 Å². The van der Waals surface area contributed by atoms with Gasteiger partial charge in [-0.25, -0.2) is 0 Å². The first-order valence-electron chi connectivity index (χ1n) is 10.3. The quantitative estimate of drug-likeness (QED) is 0.574. The zero-order valence-corrected chi connectivity index (χ0v) is 18.0. The minimum Gasteiger partial charge on any atom is -0.497 e. The Morgan fingerprint density at radius 3 is 2.00 bits per heavy atom. The molecule has 0 aliphatic rings. The highest BCUT2D eigenvalue weighted by molar-refractivity contribution is 5.88. The van der Waals surface area contributed by atoms with E-state index in [-0.39, 0.29) is 18.2 Å². The molecule has 3 rings (SSSR count). The van der Waals surface area contributed by atoms with Crippen molar-refractivity contribution in [2.24, 2.45) is 0 Å². The highest BCUT2D eigenvalue weighted by Gasteiger charge is 2.26. The Kier molecular flexibility index (Phi) is 7.82. The molecule has 5 nitrogen and oxygen atoms in total. The lowest BCUT2D eigenvalue weighted by atomic mass is 10.1. The van der Waals surface area contributed by atoms with Gasteiger partial charge < -0.3 is 15.0 Å². The lowest BCUT2D eigenvalue weighted by molar-refractivity contribution is -0.140. The summed E-state index contributed by atoms with van der Waals surface area (Å²) in [5.41, 5.74) is 2.88. The number of hydrogen-bond acceptors (Lipinski definition) is 3. The zero-order chi connectivity index (χ0) is 22.1. The van der Waals surface area contributed by atoms with Gasteiger partial charge in [-0.15, -0.1) is 0 Å². The molecule has 5 heteroatoms. The molecule has 2 amide bonds. The molecule has 31 heavy (non-hydrogen) atoms. The average molecular weight is 417 g/mol. The van der Waals surface area contributed by atoms with Gasteiger partial charge in [-0.05, 0) is 35.7 Å². The van der Waals surface area contributed by atoms with Crippen LogP contribution in [0.15, 0.2) is 84.9 Å². The maximum Gasteiger partial charge on any atom is 0.242 e. The van der Waals surface area contributed by atoms with E-state index < -0.39 is 6.04 Å². The van der Waals surface area contributed by atoms with Gasteiger partial charge >= 0.3 is 0 Å². The molecule has 3 aromatic carbocycles. The molecule has 0 saturated heterocycles. The Labute approximate surface area is 183 Å². The van der Waals surface area contributed by atoms with Crippen molar-refractivity contribution >= 4 is 11.8 Å². The highest BCUT2D eigenvalue weighted by atomic mass is 16.5. The second-order valence-corrected chi connectivity index (χ2v) is 7.41. The maximum absolute atomic E-state index is 13.1. The van der Waals surface area contributed by atoms with Crippen LogP contribution in [0, 0.1) is 0 Å². The number of carbonyl (C=O) groups excluding carboxylic acids is 2. The van der Waals surface area contributed by atoms with Crippen LogP contribution in [-0.4, -0.2) is 29.9 Å². The van der Waals surface area contributed by atoms with E-state index >= 15 is 0 Å². The molecule has 0 heterocycles. The second kappa shape index (κ2) is 11.0. The van der Waals surface area contributed by atoms with Crippen LogP contribution >= 0.6 is 0 Å². The summed E-state index contributed by atoms with van der Waals surface area (Å²) < 4.78 is 5.16. The number of nitrogens with zero attached hydrogens (tertiary/aromatic N) is 1. The van der Waals surface area contributed by atoms with Crippen molar-refractivity contribution < 1.29 is 14.3 Å². The van der Waals surface area contributed by atoms with Gasteiger partial charge in [-0.3, -0.25) is 9.59 Å². The van der Waals surface area contributed by atoms with Crippen LogP contribution in [0.5, 0.6) is 5.75 Å². The van der Waals surface area contributed by atoms with E-state index in [2.05, 4.69) is 5.32 Å². The number of ether oxygens (including phenoxy) is 1. The van der Waals surface area contributed by atoms with Gasteiger partial charge in [0, 0.05) is 13.1 Å². The molecule has 0 fully saturated rings. The van der Waals surface area contributed by atoms with Gasteiger partial charge in [-0.1, -0.05) is 72.8 Å². The molecule has 0 radical (unpaired) electrons. The molecule has 0 aromatic heterocycles. The molecular weight excluding hydrogens is 388 g/mol. The minimum atomic E-state index is -0.602. The number of nitrogens with one attached hydrogen (secondary N) is 1. The van der Waals surface area contributed by atoms with Gasteiger partial charge in [0.1, 0.15) is 11.8 Å². The van der Waals surface area contributed by atoms with Gasteiger partial charge in [0.05, 0.1) is 13.5 Å². The van der Waals surface area contributed by atoms with Crippen LogP contribution < -0.4 is 10.1 Å². The third kappa shape index (κ3) is 6.44. The summed E-state index contributed by atoms with van der Waals surface area (Å²) in [6.07, 6.45) is 0.254. The first-order chi connectivity index (χ1) is 15.1. The van der Waals surface area contributed by atoms with E-state index in [9.17, 15) is 9.59 Å². The van der Waals surface area contributed by atoms with Crippen molar-refractivity contribution in [2.45, 2.75) is 32.5 Å². The normalized spacial score (nSPS) is 11.4. The number of carbonyl (C=O) groups is 2. The molecular formula is C26H28N2O3. The first-order valence-corrected chi connectivity index (χ1v) is 10.3. The largest absolute Gasteiger partial charge is 0.497 e. The van der Waals surface area contributed by atoms with Gasteiger partial charge in [-0.2, -0.15) is 0 Å². The maximum atomic E-state index is 13.1. The molecule has 1 atom stereocenters. The van der Waals surface area contributed by atoms with Crippen LogP contribution in [0.25, 0.3) is 0 Å². The summed E-state index contributed by atoms with van der Waals surface area (Å²) in [6.45, 7) is 2.54. The van der Waals surface area contributed by atoms with Crippen LogP contribution in [0.1, 0.15) is 23.6 Å². The molecule has 0 aliphatic carbocycles. The third-order valence-corrected chi connectivity index (χ3v) is 5.19. The van der Waals surface area contributed by atoms with Crippen molar-refractivity contribution in [1.82, 2.24) is 10.2 Å². The Hall–Kier alpha value is -3.60. The van der Waals surface area contributed by atoms with Crippen LogP contribution in [0.4, 0.5) is 0 Å². The lowest BCUT2D eigenvalue weighted by Gasteiger charge is -2.29. The zero-order valence-electron chi connectivity index (χ0n) is 18.0. The summed E-state index contributed by atoms with van der Waals surface area (Å²) in [5.74, 6) is 0.499. The van der Waals surface area contributed by atoms with Crippen molar-refractivity contribution in [3.05, 3.63) is 102 Å². The summed E-state index contributed by atoms with van der Waals surface area (Å²) in [4.78, 5) is 27.7. The van der Waals surface area contributed by atoms with Crippen molar-refractivity contribution in [3.8, 4) is 5.75 Å². The van der Waals surface area contributed by atoms with Crippen LogP contribution in [0.2, 0.25) is 0 Å². The van der Waals surface area contributed by atoms with Crippen LogP contribution in [-0.2, 0) is 29.1 Å². The summed E-state index contributed by atoms with van der Waals surface area (Å²) in [7, 11) is 1.62. The monoisotopic (exact) mass is 416 g/mol. The van der Waals surface area contributed by atoms with Gasteiger partial charge in [0.15, 0.2) is 0 Å². The van der Waals surface area contributed by atoms with E-state index in [1.54, 1.807) is 18.9 Å². The molecule has 1 N–H and O–H groups in total. The minimum absolute atomic E-state index is 0.0813. The van der Waals surface area contributed by atoms with E-state index in [1.165, 1.54) is 0 Å². The predicted octanol–water partition coefficient (Wildman–Crippen LogP) is 3.97. The summed E-state index contributed by atoms with van der Waals surface area (Å²) >= 11 is 0. The molecule has 0 saturated carbocycles. The van der Waals surface area contributed by atoms with Crippen molar-refractivity contribution in [3.63, 3.8) is 0 Å². The highest BCUT2D eigenvalue weighted by Crippen LogP contribution is 2.14. The average Bonchev–Trinajstić information content (AvgIpc) is 2.82. The topological polar surface area (TPSA) is 58.6 Å². The smallest absolute Gasteiger partial charge is 0.242 e. The molecule has 0 spiro atoms. The number of amides is 2. The van der Waals surface area contributed by atoms with Gasteiger partial charge in [0.2, 0.25) is 11.8 Å². The number of rotatable bonds is 9. The Balaban J connectivity index is 1.69. The fourth-order valence-electron chi connectivity index (χ4n) is 3.32. The Morgan fingerprint density at radius 2 is 1.42 bits per heavy atom. The number of hydrogen-bond donors (Lipinski definition) is 1. The van der Waals surface area contributed by atoms with Crippen LogP contribution in [0.3, 0.4) is 0 Å². The van der Waals surface area contributed by atoms with E-state index in [1.807, 2.05) is 84.9 Å². The lowest BCUT2D eigenvalue weighted by Crippen LogP contribution is -2.47. The molecule has 0 aliphatic heterocycles. The summed E-state index contributed by atoms with van der Waals surface area (Å²) in [6, 6.07) is 26.3. The third-order valence-electron chi connectivity index (χ3n) is 5.19. The summed E-state index contributed by atoms with van der Waals surface area (Å²) in [5, 5.41) is 2.95. The Morgan fingerprint density at radius 1 is 0.839 bits per heavy atom.